The molecule has 4 nitrogen and oxygen atoms in total. The van der Waals surface area contributed by atoms with Crippen LogP contribution in [0.5, 0.6) is 0 Å². The number of rotatable bonds is 6. The maximum absolute atomic E-state index is 11.3. The molecule has 0 spiro atoms. The van der Waals surface area contributed by atoms with E-state index in [1.807, 2.05) is 7.05 Å². The summed E-state index contributed by atoms with van der Waals surface area (Å²) in [6.45, 7) is 7.32. The summed E-state index contributed by atoms with van der Waals surface area (Å²) in [5.41, 5.74) is 0.226. The fraction of sp³-hybridized carbons (Fsp3) is 1.00. The first-order valence-corrected chi connectivity index (χ1v) is 9.69. The Bertz CT molecular complexity index is 405. The molecular formula is C15H31NO3S. The predicted molar refractivity (Wildman–Crippen MR) is 83.5 cm³/mol. The third kappa shape index (κ3) is 5.01. The van der Waals surface area contributed by atoms with E-state index in [0.29, 0.717) is 12.5 Å². The van der Waals surface area contributed by atoms with Gasteiger partial charge in [-0.2, -0.15) is 0 Å². The van der Waals surface area contributed by atoms with Crippen molar-refractivity contribution in [2.45, 2.75) is 58.6 Å². The van der Waals surface area contributed by atoms with Crippen molar-refractivity contribution >= 4 is 9.84 Å². The van der Waals surface area contributed by atoms with Crippen molar-refractivity contribution in [2.75, 3.05) is 25.6 Å². The van der Waals surface area contributed by atoms with Gasteiger partial charge in [0.15, 0.2) is 0 Å². The van der Waals surface area contributed by atoms with Crippen LogP contribution >= 0.6 is 0 Å². The second kappa shape index (κ2) is 6.75. The maximum Gasteiger partial charge on any atom is 0.148 e. The van der Waals surface area contributed by atoms with E-state index < -0.39 is 9.84 Å². The van der Waals surface area contributed by atoms with Gasteiger partial charge >= 0.3 is 0 Å². The molecule has 0 radical (unpaired) electrons. The molecule has 5 heteroatoms. The standard InChI is InChI=1S/C15H31NO3S/c1-6-15(2,3)13-8-7-12(17)11-14(13)16(4)9-10-20(5,18)19/h12-14,17H,6-11H2,1-5H3. The van der Waals surface area contributed by atoms with Crippen molar-refractivity contribution in [2.24, 2.45) is 11.3 Å². The third-order valence-electron chi connectivity index (χ3n) is 5.08. The highest BCUT2D eigenvalue weighted by atomic mass is 32.2. The summed E-state index contributed by atoms with van der Waals surface area (Å²) in [6, 6.07) is 0.274. The molecule has 0 aliphatic heterocycles. The molecule has 1 saturated carbocycles. The summed E-state index contributed by atoms with van der Waals surface area (Å²) in [5, 5.41) is 9.97. The lowest BCUT2D eigenvalue weighted by molar-refractivity contribution is -0.00724. The summed E-state index contributed by atoms with van der Waals surface area (Å²) in [5.74, 6) is 0.704. The van der Waals surface area contributed by atoms with Crippen LogP contribution in [0.4, 0.5) is 0 Å². The topological polar surface area (TPSA) is 57.6 Å². The Morgan fingerprint density at radius 3 is 2.40 bits per heavy atom. The molecule has 0 saturated heterocycles. The van der Waals surface area contributed by atoms with Crippen molar-refractivity contribution in [1.29, 1.82) is 0 Å². The number of aliphatic hydroxyl groups is 1. The molecule has 1 fully saturated rings. The normalized spacial score (nSPS) is 28.9. The molecule has 1 N–H and O–H groups in total. The van der Waals surface area contributed by atoms with Gasteiger partial charge in [0.2, 0.25) is 0 Å². The molecule has 0 heterocycles. The molecule has 0 aromatic heterocycles. The number of aliphatic hydroxyl groups excluding tert-OH is 1. The summed E-state index contributed by atoms with van der Waals surface area (Å²) in [6.07, 6.45) is 4.78. The van der Waals surface area contributed by atoms with Crippen LogP contribution in [0.3, 0.4) is 0 Å². The van der Waals surface area contributed by atoms with Crippen LogP contribution < -0.4 is 0 Å². The molecule has 1 aliphatic carbocycles. The molecule has 120 valence electrons. The highest BCUT2D eigenvalue weighted by molar-refractivity contribution is 7.90. The van der Waals surface area contributed by atoms with E-state index in [4.69, 9.17) is 0 Å². The van der Waals surface area contributed by atoms with Gasteiger partial charge in [0, 0.05) is 18.8 Å². The zero-order valence-corrected chi connectivity index (χ0v) is 14.4. The quantitative estimate of drug-likeness (QED) is 0.814. The summed E-state index contributed by atoms with van der Waals surface area (Å²) in [4.78, 5) is 2.14. The van der Waals surface area contributed by atoms with E-state index in [1.165, 1.54) is 6.26 Å². The van der Waals surface area contributed by atoms with E-state index in [9.17, 15) is 13.5 Å². The second-order valence-corrected chi connectivity index (χ2v) is 9.35. The Balaban J connectivity index is 2.79. The minimum atomic E-state index is -2.93. The minimum Gasteiger partial charge on any atom is -0.393 e. The Labute approximate surface area is 124 Å². The second-order valence-electron chi connectivity index (χ2n) is 7.09. The van der Waals surface area contributed by atoms with Crippen LogP contribution in [0.25, 0.3) is 0 Å². The van der Waals surface area contributed by atoms with Gasteiger partial charge in [0.25, 0.3) is 0 Å². The average Bonchev–Trinajstić information content (AvgIpc) is 2.34. The van der Waals surface area contributed by atoms with Crippen LogP contribution in [-0.2, 0) is 9.84 Å². The van der Waals surface area contributed by atoms with Gasteiger partial charge in [0.1, 0.15) is 9.84 Å². The smallest absolute Gasteiger partial charge is 0.148 e. The maximum atomic E-state index is 11.3. The molecule has 3 unspecified atom stereocenters. The van der Waals surface area contributed by atoms with Crippen molar-refractivity contribution in [1.82, 2.24) is 4.90 Å². The summed E-state index contributed by atoms with van der Waals surface area (Å²) in [7, 11) is -0.941. The highest BCUT2D eigenvalue weighted by Gasteiger charge is 2.40. The molecule has 1 rings (SSSR count). The third-order valence-corrected chi connectivity index (χ3v) is 6.01. The average molecular weight is 305 g/mol. The monoisotopic (exact) mass is 305 g/mol. The van der Waals surface area contributed by atoms with Crippen molar-refractivity contribution in [3.63, 3.8) is 0 Å². The molecule has 0 aromatic rings. The fourth-order valence-corrected chi connectivity index (χ4v) is 3.88. The van der Waals surface area contributed by atoms with Crippen LogP contribution in [-0.4, -0.2) is 56.2 Å². The van der Waals surface area contributed by atoms with Crippen LogP contribution in [0.2, 0.25) is 0 Å². The fourth-order valence-electron chi connectivity index (χ4n) is 3.26. The summed E-state index contributed by atoms with van der Waals surface area (Å²) < 4.78 is 22.7. The molecule has 20 heavy (non-hydrogen) atoms. The zero-order valence-electron chi connectivity index (χ0n) is 13.6. The van der Waals surface area contributed by atoms with E-state index in [2.05, 4.69) is 25.7 Å². The number of sulfone groups is 1. The zero-order chi connectivity index (χ0) is 15.6. The Kier molecular flexibility index (Phi) is 6.05. The van der Waals surface area contributed by atoms with Crippen molar-refractivity contribution in [3.05, 3.63) is 0 Å². The van der Waals surface area contributed by atoms with Crippen LogP contribution in [0.15, 0.2) is 0 Å². The lowest BCUT2D eigenvalue weighted by Crippen LogP contribution is -2.49. The molecule has 3 atom stereocenters. The lowest BCUT2D eigenvalue weighted by atomic mass is 9.66. The van der Waals surface area contributed by atoms with Crippen LogP contribution in [0.1, 0.15) is 46.5 Å². The highest BCUT2D eigenvalue weighted by Crippen LogP contribution is 2.42. The Morgan fingerprint density at radius 2 is 1.90 bits per heavy atom. The van der Waals surface area contributed by atoms with Crippen LogP contribution in [0, 0.1) is 11.3 Å². The molecule has 0 bridgehead atoms. The number of nitrogens with zero attached hydrogens (tertiary/aromatic N) is 1. The summed E-state index contributed by atoms with van der Waals surface area (Å²) >= 11 is 0. The van der Waals surface area contributed by atoms with E-state index in [-0.39, 0.29) is 23.3 Å². The van der Waals surface area contributed by atoms with E-state index in [0.717, 1.165) is 25.7 Å². The predicted octanol–water partition coefficient (Wildman–Crippen LogP) is 1.93. The lowest BCUT2D eigenvalue weighted by Gasteiger charge is -2.47. The first-order valence-electron chi connectivity index (χ1n) is 7.63. The largest absolute Gasteiger partial charge is 0.393 e. The Hall–Kier alpha value is -0.130. The first-order chi connectivity index (χ1) is 9.07. The molecule has 1 aliphatic rings. The molecule has 0 aromatic carbocycles. The van der Waals surface area contributed by atoms with Gasteiger partial charge in [-0.05, 0) is 37.6 Å². The Morgan fingerprint density at radius 1 is 1.30 bits per heavy atom. The molecular weight excluding hydrogens is 274 g/mol. The minimum absolute atomic E-state index is 0.190. The molecule has 0 amide bonds. The SMILES string of the molecule is CCC(C)(C)C1CCC(O)CC1N(C)CCS(C)(=O)=O. The van der Waals surface area contributed by atoms with E-state index >= 15 is 0 Å². The van der Waals surface area contributed by atoms with Crippen molar-refractivity contribution in [3.8, 4) is 0 Å². The van der Waals surface area contributed by atoms with Gasteiger partial charge in [-0.25, -0.2) is 8.42 Å². The van der Waals surface area contributed by atoms with E-state index in [1.54, 1.807) is 0 Å². The van der Waals surface area contributed by atoms with Gasteiger partial charge < -0.3 is 10.0 Å². The van der Waals surface area contributed by atoms with Crippen molar-refractivity contribution < 1.29 is 13.5 Å². The first kappa shape index (κ1) is 17.9. The van der Waals surface area contributed by atoms with Gasteiger partial charge in [-0.3, -0.25) is 0 Å². The van der Waals surface area contributed by atoms with Gasteiger partial charge in [0.05, 0.1) is 11.9 Å². The number of hydrogen-bond donors (Lipinski definition) is 1. The number of hydrogen-bond acceptors (Lipinski definition) is 4. The van der Waals surface area contributed by atoms with Gasteiger partial charge in [-0.15, -0.1) is 0 Å². The van der Waals surface area contributed by atoms with Gasteiger partial charge in [-0.1, -0.05) is 27.2 Å².